The molecule has 0 saturated carbocycles. The van der Waals surface area contributed by atoms with Gasteiger partial charge in [0.15, 0.2) is 0 Å². The molecule has 2 aromatic heterocycles. The Hall–Kier alpha value is -1.16. The lowest BCUT2D eigenvalue weighted by atomic mass is 10.4. The first kappa shape index (κ1) is 7.49. The highest BCUT2D eigenvalue weighted by atomic mass is 79.9. The fourth-order valence-corrected chi connectivity index (χ4v) is 1.43. The normalized spacial score (nSPS) is 10.1. The molecule has 3 nitrogen and oxygen atoms in total. The molecule has 0 unspecified atom stereocenters. The molecule has 0 N–H and O–H groups in total. The summed E-state index contributed by atoms with van der Waals surface area (Å²) in [5, 5.41) is 0. The van der Waals surface area contributed by atoms with E-state index in [-0.39, 0.29) is 0 Å². The van der Waals surface area contributed by atoms with Gasteiger partial charge in [0.05, 0.1) is 12.0 Å². The molecule has 2 heterocycles. The van der Waals surface area contributed by atoms with E-state index in [9.17, 15) is 0 Å². The van der Waals surface area contributed by atoms with Crippen molar-refractivity contribution in [1.82, 2.24) is 14.5 Å². The standard InChI is InChI=1S/C8H6BrN3/c9-8-7(2-1-3-11-8)12-5-4-10-6-12/h1-6H. The summed E-state index contributed by atoms with van der Waals surface area (Å²) in [6.45, 7) is 0. The fraction of sp³-hybridized carbons (Fsp3) is 0. The van der Waals surface area contributed by atoms with Gasteiger partial charge in [0.25, 0.3) is 0 Å². The van der Waals surface area contributed by atoms with Crippen LogP contribution in [0.2, 0.25) is 0 Å². The van der Waals surface area contributed by atoms with Crippen LogP contribution in [0.15, 0.2) is 41.7 Å². The highest BCUT2D eigenvalue weighted by molar-refractivity contribution is 9.10. The molecule has 4 heteroatoms. The number of rotatable bonds is 1. The summed E-state index contributed by atoms with van der Waals surface area (Å²) in [4.78, 5) is 8.06. The number of aromatic nitrogens is 3. The van der Waals surface area contributed by atoms with Gasteiger partial charge in [0, 0.05) is 18.6 Å². The van der Waals surface area contributed by atoms with Gasteiger partial charge in [-0.05, 0) is 28.1 Å². The molecule has 0 bridgehead atoms. The van der Waals surface area contributed by atoms with Gasteiger partial charge >= 0.3 is 0 Å². The first-order chi connectivity index (χ1) is 5.88. The molecule has 12 heavy (non-hydrogen) atoms. The number of hydrogen-bond donors (Lipinski definition) is 0. The van der Waals surface area contributed by atoms with Gasteiger partial charge in [-0.2, -0.15) is 0 Å². The van der Waals surface area contributed by atoms with Crippen molar-refractivity contribution in [3.8, 4) is 5.69 Å². The van der Waals surface area contributed by atoms with Crippen molar-refractivity contribution in [2.75, 3.05) is 0 Å². The molecule has 0 fully saturated rings. The largest absolute Gasteiger partial charge is 0.304 e. The molecule has 0 aromatic carbocycles. The van der Waals surface area contributed by atoms with Crippen molar-refractivity contribution >= 4 is 15.9 Å². The highest BCUT2D eigenvalue weighted by Gasteiger charge is 1.99. The predicted octanol–water partition coefficient (Wildman–Crippen LogP) is 2.03. The molecule has 0 amide bonds. The van der Waals surface area contributed by atoms with Crippen molar-refractivity contribution in [3.63, 3.8) is 0 Å². The maximum absolute atomic E-state index is 4.10. The lowest BCUT2D eigenvalue weighted by Crippen LogP contribution is -1.92. The van der Waals surface area contributed by atoms with Crippen molar-refractivity contribution in [2.45, 2.75) is 0 Å². The summed E-state index contributed by atoms with van der Waals surface area (Å²) in [6, 6.07) is 3.86. The van der Waals surface area contributed by atoms with Gasteiger partial charge in [0.1, 0.15) is 4.60 Å². The topological polar surface area (TPSA) is 30.7 Å². The van der Waals surface area contributed by atoms with Gasteiger partial charge in [0.2, 0.25) is 0 Å². The second-order valence-corrected chi connectivity index (χ2v) is 3.03. The van der Waals surface area contributed by atoms with E-state index in [2.05, 4.69) is 25.9 Å². The maximum atomic E-state index is 4.10. The van der Waals surface area contributed by atoms with E-state index in [1.807, 2.05) is 22.9 Å². The van der Waals surface area contributed by atoms with Gasteiger partial charge in [-0.25, -0.2) is 9.97 Å². The van der Waals surface area contributed by atoms with Crippen molar-refractivity contribution in [2.24, 2.45) is 0 Å². The van der Waals surface area contributed by atoms with Crippen LogP contribution >= 0.6 is 15.9 Å². The summed E-state index contributed by atoms with van der Waals surface area (Å²) >= 11 is 3.36. The van der Waals surface area contributed by atoms with Crippen LogP contribution in [0.1, 0.15) is 0 Å². The molecule has 0 atom stereocenters. The number of hydrogen-bond acceptors (Lipinski definition) is 2. The molecule has 2 rings (SSSR count). The van der Waals surface area contributed by atoms with E-state index in [0.717, 1.165) is 10.3 Å². The van der Waals surface area contributed by atoms with Gasteiger partial charge in [-0.3, -0.25) is 0 Å². The average Bonchev–Trinajstić information content (AvgIpc) is 2.57. The van der Waals surface area contributed by atoms with Crippen LogP contribution in [-0.4, -0.2) is 14.5 Å². The van der Waals surface area contributed by atoms with E-state index in [1.54, 1.807) is 18.7 Å². The molecular weight excluding hydrogens is 218 g/mol. The van der Waals surface area contributed by atoms with E-state index >= 15 is 0 Å². The van der Waals surface area contributed by atoms with Crippen molar-refractivity contribution < 1.29 is 0 Å². The second-order valence-electron chi connectivity index (χ2n) is 2.28. The lowest BCUT2D eigenvalue weighted by Gasteiger charge is -2.01. The third-order valence-electron chi connectivity index (χ3n) is 1.52. The Labute approximate surface area is 78.2 Å². The quantitative estimate of drug-likeness (QED) is 0.694. The van der Waals surface area contributed by atoms with Gasteiger partial charge in [-0.15, -0.1) is 0 Å². The Morgan fingerprint density at radius 2 is 2.25 bits per heavy atom. The molecule has 2 aromatic rings. The molecule has 0 aliphatic carbocycles. The Morgan fingerprint density at radius 1 is 1.33 bits per heavy atom. The van der Waals surface area contributed by atoms with E-state index < -0.39 is 0 Å². The number of imidazole rings is 1. The molecular formula is C8H6BrN3. The zero-order valence-corrected chi connectivity index (χ0v) is 7.77. The van der Waals surface area contributed by atoms with Crippen LogP contribution in [0, 0.1) is 0 Å². The summed E-state index contributed by atoms with van der Waals surface area (Å²) in [5.41, 5.74) is 0.995. The smallest absolute Gasteiger partial charge is 0.130 e. The highest BCUT2D eigenvalue weighted by Crippen LogP contribution is 2.16. The minimum absolute atomic E-state index is 0.822. The molecule has 0 aliphatic heterocycles. The predicted molar refractivity (Wildman–Crippen MR) is 49.1 cm³/mol. The van der Waals surface area contributed by atoms with Crippen molar-refractivity contribution in [3.05, 3.63) is 41.7 Å². The average molecular weight is 224 g/mol. The molecule has 0 saturated heterocycles. The van der Waals surface area contributed by atoms with Crippen molar-refractivity contribution in [1.29, 1.82) is 0 Å². The van der Waals surface area contributed by atoms with Crippen LogP contribution < -0.4 is 0 Å². The zero-order chi connectivity index (χ0) is 8.39. The lowest BCUT2D eigenvalue weighted by molar-refractivity contribution is 1.02. The van der Waals surface area contributed by atoms with Gasteiger partial charge < -0.3 is 4.57 Å². The zero-order valence-electron chi connectivity index (χ0n) is 6.18. The molecule has 0 aliphatic rings. The third-order valence-corrected chi connectivity index (χ3v) is 2.13. The van der Waals surface area contributed by atoms with E-state index in [0.29, 0.717) is 0 Å². The molecule has 0 spiro atoms. The summed E-state index contributed by atoms with van der Waals surface area (Å²) in [5.74, 6) is 0. The number of nitrogens with zero attached hydrogens (tertiary/aromatic N) is 3. The Kier molecular flexibility index (Phi) is 1.91. The summed E-state index contributed by atoms with van der Waals surface area (Å²) < 4.78 is 2.72. The summed E-state index contributed by atoms with van der Waals surface area (Å²) in [6.07, 6.45) is 7.09. The van der Waals surface area contributed by atoms with Crippen LogP contribution in [-0.2, 0) is 0 Å². The van der Waals surface area contributed by atoms with Crippen LogP contribution in [0.4, 0.5) is 0 Å². The van der Waals surface area contributed by atoms with Crippen LogP contribution in [0.3, 0.4) is 0 Å². The maximum Gasteiger partial charge on any atom is 0.130 e. The molecule has 0 radical (unpaired) electrons. The monoisotopic (exact) mass is 223 g/mol. The Morgan fingerprint density at radius 3 is 2.92 bits per heavy atom. The first-order valence-corrected chi connectivity index (χ1v) is 4.26. The molecule has 60 valence electrons. The Balaban J connectivity index is 2.55. The fourth-order valence-electron chi connectivity index (χ4n) is 0.972. The first-order valence-electron chi connectivity index (χ1n) is 3.47. The SMILES string of the molecule is Brc1ncccc1-n1ccnc1. The number of pyridine rings is 1. The minimum Gasteiger partial charge on any atom is -0.304 e. The second kappa shape index (κ2) is 3.06. The minimum atomic E-state index is 0.822. The van der Waals surface area contributed by atoms with Crippen LogP contribution in [0.25, 0.3) is 5.69 Å². The third kappa shape index (κ3) is 1.25. The Bertz CT molecular complexity index is 370. The number of halogens is 1. The van der Waals surface area contributed by atoms with E-state index in [4.69, 9.17) is 0 Å². The van der Waals surface area contributed by atoms with E-state index in [1.165, 1.54) is 0 Å². The van der Waals surface area contributed by atoms with Crippen LogP contribution in [0.5, 0.6) is 0 Å². The summed E-state index contributed by atoms with van der Waals surface area (Å²) in [7, 11) is 0. The van der Waals surface area contributed by atoms with Gasteiger partial charge in [-0.1, -0.05) is 0 Å².